The van der Waals surface area contributed by atoms with Gasteiger partial charge in [-0.1, -0.05) is 25.3 Å². The molecule has 1 N–H and O–H groups in total. The molecule has 1 aromatic carbocycles. The third-order valence-corrected chi connectivity index (χ3v) is 6.12. The van der Waals surface area contributed by atoms with E-state index in [-0.39, 0.29) is 0 Å². The molecule has 1 atom stereocenters. The van der Waals surface area contributed by atoms with Gasteiger partial charge in [-0.25, -0.2) is 0 Å². The van der Waals surface area contributed by atoms with E-state index < -0.39 is 5.41 Å². The van der Waals surface area contributed by atoms with Crippen molar-refractivity contribution in [3.05, 3.63) is 23.8 Å². The monoisotopic (exact) mass is 360 g/mol. The number of nitrogens with one attached hydrogen (secondary N) is 1. The minimum Gasteiger partial charge on any atom is -0.493 e. The fourth-order valence-corrected chi connectivity index (χ4v) is 4.69. The maximum atomic E-state index is 13.7. The number of benzene rings is 1. The van der Waals surface area contributed by atoms with E-state index in [1.54, 1.807) is 14.2 Å². The minimum atomic E-state index is -0.410. The highest BCUT2D eigenvalue weighted by atomic mass is 16.5. The second-order valence-corrected chi connectivity index (χ2v) is 7.68. The molecule has 0 spiro atoms. The summed E-state index contributed by atoms with van der Waals surface area (Å²) in [5.41, 5.74) is 0.670. The Kier molecular flexibility index (Phi) is 6.07. The Morgan fingerprint density at radius 1 is 1.19 bits per heavy atom. The number of ether oxygens (including phenoxy) is 2. The lowest BCUT2D eigenvalue weighted by Crippen LogP contribution is -2.47. The molecular formula is C21H32N2O3. The predicted octanol–water partition coefficient (Wildman–Crippen LogP) is 2.97. The molecule has 0 radical (unpaired) electrons. The quantitative estimate of drug-likeness (QED) is 0.847. The molecule has 26 heavy (non-hydrogen) atoms. The molecule has 144 valence electrons. The van der Waals surface area contributed by atoms with Gasteiger partial charge in [-0.05, 0) is 56.5 Å². The third kappa shape index (κ3) is 3.54. The summed E-state index contributed by atoms with van der Waals surface area (Å²) in [5, 5.41) is 3.25. The lowest BCUT2D eigenvalue weighted by atomic mass is 9.68. The van der Waals surface area contributed by atoms with E-state index >= 15 is 0 Å². The van der Waals surface area contributed by atoms with Crippen molar-refractivity contribution < 1.29 is 14.3 Å². The molecule has 5 nitrogen and oxygen atoms in total. The Hall–Kier alpha value is -1.75. The van der Waals surface area contributed by atoms with Gasteiger partial charge in [0.15, 0.2) is 11.5 Å². The van der Waals surface area contributed by atoms with Crippen LogP contribution in [0.15, 0.2) is 18.2 Å². The predicted molar refractivity (Wildman–Crippen MR) is 103 cm³/mol. The van der Waals surface area contributed by atoms with Crippen LogP contribution in [-0.4, -0.2) is 51.7 Å². The molecule has 0 unspecified atom stereocenters. The number of amides is 1. The first-order chi connectivity index (χ1) is 12.6. The summed E-state index contributed by atoms with van der Waals surface area (Å²) in [6.07, 6.45) is 6.37. The lowest BCUT2D eigenvalue weighted by Gasteiger charge is -2.39. The molecule has 3 rings (SSSR count). The smallest absolute Gasteiger partial charge is 0.233 e. The summed E-state index contributed by atoms with van der Waals surface area (Å²) >= 11 is 0. The van der Waals surface area contributed by atoms with Crippen LogP contribution in [0.3, 0.4) is 0 Å². The minimum absolute atomic E-state index is 0.308. The van der Waals surface area contributed by atoms with Crippen molar-refractivity contribution in [2.24, 2.45) is 5.92 Å². The molecule has 1 saturated carbocycles. The van der Waals surface area contributed by atoms with Gasteiger partial charge in [-0.3, -0.25) is 4.79 Å². The molecule has 2 fully saturated rings. The molecule has 5 heteroatoms. The first-order valence-corrected chi connectivity index (χ1v) is 9.81. The Morgan fingerprint density at radius 3 is 2.58 bits per heavy atom. The number of likely N-dealkylation sites (tertiary alicyclic amines) is 1. The maximum absolute atomic E-state index is 13.7. The third-order valence-electron chi connectivity index (χ3n) is 6.12. The topological polar surface area (TPSA) is 50.8 Å². The van der Waals surface area contributed by atoms with Gasteiger partial charge in [0.1, 0.15) is 0 Å². The van der Waals surface area contributed by atoms with E-state index in [9.17, 15) is 4.79 Å². The zero-order chi connectivity index (χ0) is 18.6. The number of rotatable bonds is 6. The van der Waals surface area contributed by atoms with E-state index in [4.69, 9.17) is 9.47 Å². The number of nitrogens with zero attached hydrogens (tertiary/aromatic N) is 1. The van der Waals surface area contributed by atoms with Crippen LogP contribution in [-0.2, 0) is 10.2 Å². The summed E-state index contributed by atoms with van der Waals surface area (Å²) in [5.74, 6) is 2.29. The van der Waals surface area contributed by atoms with Gasteiger partial charge in [0.2, 0.25) is 5.91 Å². The number of hydrogen-bond acceptors (Lipinski definition) is 4. The maximum Gasteiger partial charge on any atom is 0.233 e. The molecule has 2 aliphatic rings. The van der Waals surface area contributed by atoms with Gasteiger partial charge >= 0.3 is 0 Å². The molecule has 1 saturated heterocycles. The summed E-state index contributed by atoms with van der Waals surface area (Å²) in [4.78, 5) is 15.8. The molecule has 1 aromatic rings. The first kappa shape index (κ1) is 19.0. The Balaban J connectivity index is 1.91. The zero-order valence-corrected chi connectivity index (χ0v) is 16.3. The average molecular weight is 360 g/mol. The van der Waals surface area contributed by atoms with Gasteiger partial charge in [-0.2, -0.15) is 0 Å². The largest absolute Gasteiger partial charge is 0.493 e. The summed E-state index contributed by atoms with van der Waals surface area (Å²) in [7, 11) is 5.28. The first-order valence-electron chi connectivity index (χ1n) is 9.81. The van der Waals surface area contributed by atoms with Crippen molar-refractivity contribution in [1.82, 2.24) is 10.2 Å². The number of carbonyl (C=O) groups excluding carboxylic acids is 1. The van der Waals surface area contributed by atoms with Crippen LogP contribution in [0.5, 0.6) is 11.5 Å². The Bertz CT molecular complexity index is 626. The molecule has 1 amide bonds. The lowest BCUT2D eigenvalue weighted by molar-refractivity contribution is -0.138. The molecule has 1 heterocycles. The molecule has 0 bridgehead atoms. The van der Waals surface area contributed by atoms with Crippen LogP contribution in [0.25, 0.3) is 0 Å². The van der Waals surface area contributed by atoms with Crippen molar-refractivity contribution in [2.45, 2.75) is 43.9 Å². The second kappa shape index (κ2) is 8.30. The van der Waals surface area contributed by atoms with Crippen molar-refractivity contribution >= 4 is 5.91 Å². The van der Waals surface area contributed by atoms with E-state index in [0.29, 0.717) is 23.3 Å². The van der Waals surface area contributed by atoms with E-state index in [0.717, 1.165) is 57.3 Å². The van der Waals surface area contributed by atoms with Crippen LogP contribution < -0.4 is 14.8 Å². The highest BCUT2D eigenvalue weighted by Gasteiger charge is 2.45. The number of methoxy groups -OCH3 is 2. The summed E-state index contributed by atoms with van der Waals surface area (Å²) in [6, 6.07) is 6.01. The Labute approximate surface area is 157 Å². The average Bonchev–Trinajstić information content (AvgIpc) is 3.16. The SMILES string of the molecule is CNC[C@@H]1CCN(C(=O)C2(c3ccc(OC)c(OC)c3)CCCCC2)C1. The van der Waals surface area contributed by atoms with Gasteiger partial charge < -0.3 is 19.7 Å². The van der Waals surface area contributed by atoms with E-state index in [1.165, 1.54) is 6.42 Å². The van der Waals surface area contributed by atoms with Gasteiger partial charge in [0.25, 0.3) is 0 Å². The molecule has 0 aromatic heterocycles. The molecule has 1 aliphatic heterocycles. The van der Waals surface area contributed by atoms with Crippen molar-refractivity contribution in [3.8, 4) is 11.5 Å². The van der Waals surface area contributed by atoms with Crippen LogP contribution in [0, 0.1) is 5.92 Å². The van der Waals surface area contributed by atoms with E-state index in [2.05, 4.69) is 16.3 Å². The van der Waals surface area contributed by atoms with Crippen LogP contribution in [0.4, 0.5) is 0 Å². The van der Waals surface area contributed by atoms with Crippen molar-refractivity contribution in [3.63, 3.8) is 0 Å². The zero-order valence-electron chi connectivity index (χ0n) is 16.3. The van der Waals surface area contributed by atoms with Crippen LogP contribution >= 0.6 is 0 Å². The summed E-state index contributed by atoms with van der Waals surface area (Å²) < 4.78 is 10.9. The Morgan fingerprint density at radius 2 is 1.92 bits per heavy atom. The highest BCUT2D eigenvalue weighted by molar-refractivity contribution is 5.89. The normalized spacial score (nSPS) is 22.3. The fraction of sp³-hybridized carbons (Fsp3) is 0.667. The van der Waals surface area contributed by atoms with Crippen molar-refractivity contribution in [2.75, 3.05) is 40.9 Å². The van der Waals surface area contributed by atoms with Crippen LogP contribution in [0.1, 0.15) is 44.1 Å². The van der Waals surface area contributed by atoms with Gasteiger partial charge in [0, 0.05) is 13.1 Å². The number of hydrogen-bond donors (Lipinski definition) is 1. The van der Waals surface area contributed by atoms with E-state index in [1.807, 2.05) is 19.2 Å². The molecular weight excluding hydrogens is 328 g/mol. The second-order valence-electron chi connectivity index (χ2n) is 7.68. The van der Waals surface area contributed by atoms with Gasteiger partial charge in [0.05, 0.1) is 19.6 Å². The molecule has 1 aliphatic carbocycles. The van der Waals surface area contributed by atoms with Crippen molar-refractivity contribution in [1.29, 1.82) is 0 Å². The number of carbonyl (C=O) groups is 1. The fourth-order valence-electron chi connectivity index (χ4n) is 4.69. The van der Waals surface area contributed by atoms with Gasteiger partial charge in [-0.15, -0.1) is 0 Å². The summed E-state index contributed by atoms with van der Waals surface area (Å²) in [6.45, 7) is 2.72. The van der Waals surface area contributed by atoms with Crippen LogP contribution in [0.2, 0.25) is 0 Å². The standard InChI is InChI=1S/C21H32N2O3/c1-22-14-16-9-12-23(15-16)20(24)21(10-5-4-6-11-21)17-7-8-18(25-2)19(13-17)26-3/h7-8,13,16,22H,4-6,9-12,14-15H2,1-3H3/t16-/m0/s1. The highest BCUT2D eigenvalue weighted by Crippen LogP contribution is 2.44.